The van der Waals surface area contributed by atoms with E-state index < -0.39 is 0 Å². The van der Waals surface area contributed by atoms with Crippen molar-refractivity contribution in [3.05, 3.63) is 75.3 Å². The number of benzene rings is 2. The van der Waals surface area contributed by atoms with Gasteiger partial charge in [0.1, 0.15) is 0 Å². The normalized spacial score (nSPS) is 17.2. The Morgan fingerprint density at radius 3 is 2.65 bits per heavy atom. The summed E-state index contributed by atoms with van der Waals surface area (Å²) in [4.78, 5) is 0. The summed E-state index contributed by atoms with van der Waals surface area (Å²) in [5, 5.41) is 0. The highest BCUT2D eigenvalue weighted by atomic mass is 79.9. The Hall–Kier alpha value is -1.34. The van der Waals surface area contributed by atoms with Crippen LogP contribution < -0.4 is 0 Å². The van der Waals surface area contributed by atoms with Crippen LogP contribution in [0.3, 0.4) is 0 Å². The van der Waals surface area contributed by atoms with Crippen molar-refractivity contribution in [1.82, 2.24) is 0 Å². The van der Waals surface area contributed by atoms with Gasteiger partial charge in [0.25, 0.3) is 0 Å². The standard InChI is InChI=1S/C16H13Br/c1-11-6-8-15(16(17)10-11)14-9-7-12-4-2-3-5-13(12)14/h2-10,14H,1H3. The molecule has 0 heterocycles. The predicted octanol–water partition coefficient (Wildman–Crippen LogP) is 4.92. The quantitative estimate of drug-likeness (QED) is 0.698. The molecule has 0 radical (unpaired) electrons. The highest BCUT2D eigenvalue weighted by molar-refractivity contribution is 9.10. The molecular weight excluding hydrogens is 272 g/mol. The molecule has 1 aliphatic rings. The van der Waals surface area contributed by atoms with Crippen LogP contribution >= 0.6 is 15.9 Å². The fourth-order valence-electron chi connectivity index (χ4n) is 2.41. The lowest BCUT2D eigenvalue weighted by molar-refractivity contribution is 1.04. The van der Waals surface area contributed by atoms with Crippen molar-refractivity contribution in [3.63, 3.8) is 0 Å². The first kappa shape index (κ1) is 10.8. The molecule has 84 valence electrons. The molecule has 1 aliphatic carbocycles. The van der Waals surface area contributed by atoms with Gasteiger partial charge in [-0.25, -0.2) is 0 Å². The molecule has 0 N–H and O–H groups in total. The largest absolute Gasteiger partial charge is 0.0720 e. The number of halogens is 1. The second-order valence-electron chi connectivity index (χ2n) is 4.49. The molecule has 17 heavy (non-hydrogen) atoms. The van der Waals surface area contributed by atoms with Crippen LogP contribution in [0.5, 0.6) is 0 Å². The number of hydrogen-bond acceptors (Lipinski definition) is 0. The molecule has 0 saturated heterocycles. The second kappa shape index (κ2) is 4.15. The summed E-state index contributed by atoms with van der Waals surface area (Å²) >= 11 is 3.68. The van der Waals surface area contributed by atoms with Crippen LogP contribution in [0.1, 0.15) is 28.2 Å². The molecule has 0 nitrogen and oxygen atoms in total. The lowest BCUT2D eigenvalue weighted by atomic mass is 9.93. The van der Waals surface area contributed by atoms with E-state index in [9.17, 15) is 0 Å². The van der Waals surface area contributed by atoms with Crippen LogP contribution in [0, 0.1) is 6.92 Å². The minimum Gasteiger partial charge on any atom is -0.0720 e. The van der Waals surface area contributed by atoms with Crippen molar-refractivity contribution in [2.24, 2.45) is 0 Å². The van der Waals surface area contributed by atoms with Gasteiger partial charge in [0, 0.05) is 10.4 Å². The Labute approximate surface area is 110 Å². The predicted molar refractivity (Wildman–Crippen MR) is 76.2 cm³/mol. The molecule has 1 heteroatoms. The topological polar surface area (TPSA) is 0 Å². The Kier molecular flexibility index (Phi) is 2.64. The van der Waals surface area contributed by atoms with E-state index in [1.54, 1.807) is 0 Å². The molecule has 2 aromatic carbocycles. The molecule has 0 aliphatic heterocycles. The fourth-order valence-corrected chi connectivity index (χ4v) is 3.14. The molecule has 0 aromatic heterocycles. The van der Waals surface area contributed by atoms with Crippen LogP contribution in [-0.2, 0) is 0 Å². The Bertz CT molecular complexity index is 596. The van der Waals surface area contributed by atoms with Crippen LogP contribution in [0.4, 0.5) is 0 Å². The van der Waals surface area contributed by atoms with Crippen LogP contribution in [0.25, 0.3) is 6.08 Å². The van der Waals surface area contributed by atoms with Crippen molar-refractivity contribution in [3.8, 4) is 0 Å². The summed E-state index contributed by atoms with van der Waals surface area (Å²) in [5.41, 5.74) is 5.37. The van der Waals surface area contributed by atoms with Crippen molar-refractivity contribution < 1.29 is 0 Å². The molecule has 0 amide bonds. The Morgan fingerprint density at radius 1 is 1.00 bits per heavy atom. The number of hydrogen-bond donors (Lipinski definition) is 0. The first-order valence-corrected chi connectivity index (χ1v) is 6.58. The van der Waals surface area contributed by atoms with Crippen molar-refractivity contribution in [2.45, 2.75) is 12.8 Å². The third-order valence-electron chi connectivity index (χ3n) is 3.29. The van der Waals surface area contributed by atoms with E-state index in [-0.39, 0.29) is 0 Å². The minimum atomic E-state index is 0.390. The third-order valence-corrected chi connectivity index (χ3v) is 3.98. The van der Waals surface area contributed by atoms with E-state index in [4.69, 9.17) is 0 Å². The molecule has 0 bridgehead atoms. The van der Waals surface area contributed by atoms with Crippen molar-refractivity contribution in [2.75, 3.05) is 0 Å². The van der Waals surface area contributed by atoms with Gasteiger partial charge in [0.2, 0.25) is 0 Å². The van der Waals surface area contributed by atoms with Crippen LogP contribution in [0.2, 0.25) is 0 Å². The van der Waals surface area contributed by atoms with Gasteiger partial charge in [-0.05, 0) is 35.2 Å². The fraction of sp³-hybridized carbons (Fsp3) is 0.125. The van der Waals surface area contributed by atoms with Gasteiger partial charge >= 0.3 is 0 Å². The van der Waals surface area contributed by atoms with Gasteiger partial charge in [-0.2, -0.15) is 0 Å². The zero-order valence-corrected chi connectivity index (χ0v) is 11.2. The SMILES string of the molecule is Cc1ccc(C2C=Cc3ccccc32)c(Br)c1. The highest BCUT2D eigenvalue weighted by Gasteiger charge is 2.20. The zero-order chi connectivity index (χ0) is 11.8. The van der Waals surface area contributed by atoms with Crippen LogP contribution in [-0.4, -0.2) is 0 Å². The zero-order valence-electron chi connectivity index (χ0n) is 9.65. The first-order chi connectivity index (χ1) is 8.25. The smallest absolute Gasteiger partial charge is 0.0289 e. The van der Waals surface area contributed by atoms with Crippen molar-refractivity contribution >= 4 is 22.0 Å². The molecule has 1 atom stereocenters. The first-order valence-electron chi connectivity index (χ1n) is 5.79. The molecule has 1 unspecified atom stereocenters. The average Bonchev–Trinajstić information content (AvgIpc) is 2.73. The third kappa shape index (κ3) is 1.85. The monoisotopic (exact) mass is 284 g/mol. The Morgan fingerprint density at radius 2 is 1.82 bits per heavy atom. The summed E-state index contributed by atoms with van der Waals surface area (Å²) in [5.74, 6) is 0.390. The number of fused-ring (bicyclic) bond motifs is 1. The van der Waals surface area contributed by atoms with Gasteiger partial charge in [-0.3, -0.25) is 0 Å². The molecule has 0 saturated carbocycles. The van der Waals surface area contributed by atoms with E-state index in [2.05, 4.69) is 77.5 Å². The highest BCUT2D eigenvalue weighted by Crippen LogP contribution is 2.38. The van der Waals surface area contributed by atoms with Gasteiger partial charge in [0.05, 0.1) is 0 Å². The van der Waals surface area contributed by atoms with E-state index >= 15 is 0 Å². The van der Waals surface area contributed by atoms with Gasteiger partial charge in [-0.1, -0.05) is 64.5 Å². The summed E-state index contributed by atoms with van der Waals surface area (Å²) < 4.78 is 1.20. The second-order valence-corrected chi connectivity index (χ2v) is 5.35. The molecule has 0 spiro atoms. The Balaban J connectivity index is 2.10. The molecule has 2 aromatic rings. The van der Waals surface area contributed by atoms with Crippen LogP contribution in [0.15, 0.2) is 53.0 Å². The lowest BCUT2D eigenvalue weighted by Crippen LogP contribution is -1.97. The summed E-state index contributed by atoms with van der Waals surface area (Å²) in [6.45, 7) is 2.12. The average molecular weight is 285 g/mol. The number of aryl methyl sites for hydroxylation is 1. The van der Waals surface area contributed by atoms with Gasteiger partial charge < -0.3 is 0 Å². The van der Waals surface area contributed by atoms with Gasteiger partial charge in [-0.15, -0.1) is 0 Å². The van der Waals surface area contributed by atoms with Gasteiger partial charge in [0.15, 0.2) is 0 Å². The molecule has 3 rings (SSSR count). The lowest BCUT2D eigenvalue weighted by Gasteiger charge is -2.13. The van der Waals surface area contributed by atoms with E-state index in [0.29, 0.717) is 5.92 Å². The summed E-state index contributed by atoms with van der Waals surface area (Å²) in [7, 11) is 0. The molecular formula is C16H13Br. The minimum absolute atomic E-state index is 0.390. The van der Waals surface area contributed by atoms with E-state index in [0.717, 1.165) is 0 Å². The summed E-state index contributed by atoms with van der Waals surface area (Å²) in [6.07, 6.45) is 4.49. The van der Waals surface area contributed by atoms with E-state index in [1.807, 2.05) is 0 Å². The molecule has 0 fully saturated rings. The maximum absolute atomic E-state index is 3.68. The summed E-state index contributed by atoms with van der Waals surface area (Å²) in [6, 6.07) is 15.2. The van der Waals surface area contributed by atoms with Crippen molar-refractivity contribution in [1.29, 1.82) is 0 Å². The maximum atomic E-state index is 3.68. The maximum Gasteiger partial charge on any atom is 0.0289 e. The number of allylic oxidation sites excluding steroid dienone is 1. The van der Waals surface area contributed by atoms with E-state index in [1.165, 1.54) is 26.7 Å². The number of rotatable bonds is 1.